The molecule has 0 unspecified atom stereocenters. The summed E-state index contributed by atoms with van der Waals surface area (Å²) in [6.45, 7) is 2.68. The molecular formula is C17H22ClN3O3S. The van der Waals surface area contributed by atoms with E-state index in [4.69, 9.17) is 0 Å². The first-order valence-electron chi connectivity index (χ1n) is 8.06. The van der Waals surface area contributed by atoms with Crippen LogP contribution in [-0.4, -0.2) is 38.9 Å². The molecule has 8 heteroatoms. The van der Waals surface area contributed by atoms with Gasteiger partial charge in [0.05, 0.1) is 4.90 Å². The average Bonchev–Trinajstić information content (AvgIpc) is 3.11. The predicted octanol–water partition coefficient (Wildman–Crippen LogP) is 2.06. The van der Waals surface area contributed by atoms with Crippen LogP contribution < -0.4 is 10.3 Å². The Hall–Kier alpha value is -1.67. The summed E-state index contributed by atoms with van der Waals surface area (Å²) in [7, 11) is -3.78. The van der Waals surface area contributed by atoms with Crippen LogP contribution in [0.5, 0.6) is 0 Å². The first kappa shape index (κ1) is 19.7. The van der Waals surface area contributed by atoms with E-state index in [0.717, 1.165) is 36.7 Å². The van der Waals surface area contributed by atoms with Crippen LogP contribution in [0, 0.1) is 0 Å². The van der Waals surface area contributed by atoms with Gasteiger partial charge in [0.15, 0.2) is 0 Å². The quantitative estimate of drug-likeness (QED) is 0.748. The molecule has 2 aromatic carbocycles. The highest BCUT2D eigenvalue weighted by Gasteiger charge is 2.17. The number of carbonyl (C=O) groups excluding carboxylic acids is 1. The minimum absolute atomic E-state index is 0. The van der Waals surface area contributed by atoms with Gasteiger partial charge in [-0.2, -0.15) is 0 Å². The molecule has 136 valence electrons. The lowest BCUT2D eigenvalue weighted by molar-refractivity contribution is -0.121. The van der Waals surface area contributed by atoms with Gasteiger partial charge in [-0.15, -0.1) is 17.2 Å². The van der Waals surface area contributed by atoms with Crippen LogP contribution in [0.2, 0.25) is 0 Å². The molecule has 6 nitrogen and oxygen atoms in total. The molecule has 1 fully saturated rings. The largest absolute Gasteiger partial charge is 0.303 e. The van der Waals surface area contributed by atoms with Crippen molar-refractivity contribution in [1.29, 1.82) is 0 Å². The number of nitrogens with zero attached hydrogens (tertiary/aromatic N) is 1. The van der Waals surface area contributed by atoms with E-state index in [9.17, 15) is 13.2 Å². The molecule has 0 saturated carbocycles. The van der Waals surface area contributed by atoms with E-state index in [0.29, 0.717) is 6.54 Å². The Morgan fingerprint density at radius 2 is 1.72 bits per heavy atom. The lowest BCUT2D eigenvalue weighted by atomic mass is 10.1. The van der Waals surface area contributed by atoms with Crippen molar-refractivity contribution in [2.45, 2.75) is 24.2 Å². The second kappa shape index (κ2) is 8.62. The van der Waals surface area contributed by atoms with Gasteiger partial charge >= 0.3 is 0 Å². The van der Waals surface area contributed by atoms with E-state index in [1.807, 2.05) is 24.3 Å². The van der Waals surface area contributed by atoms with Gasteiger partial charge in [0, 0.05) is 13.0 Å². The molecule has 0 aliphatic carbocycles. The van der Waals surface area contributed by atoms with Crippen molar-refractivity contribution in [2.24, 2.45) is 0 Å². The normalized spacial score (nSPS) is 15.0. The summed E-state index contributed by atoms with van der Waals surface area (Å²) in [5, 5.41) is 1.80. The van der Waals surface area contributed by atoms with Crippen molar-refractivity contribution >= 4 is 39.1 Å². The van der Waals surface area contributed by atoms with E-state index in [1.165, 1.54) is 6.07 Å². The van der Waals surface area contributed by atoms with Crippen molar-refractivity contribution in [3.05, 3.63) is 42.5 Å². The number of hydrazine groups is 1. The third-order valence-corrected chi connectivity index (χ3v) is 5.46. The maximum atomic E-state index is 12.3. The lowest BCUT2D eigenvalue weighted by Gasteiger charge is -2.14. The number of sulfonamides is 1. The van der Waals surface area contributed by atoms with Crippen LogP contribution in [-0.2, 0) is 14.8 Å². The minimum Gasteiger partial charge on any atom is -0.303 e. The number of likely N-dealkylation sites (tertiary alicyclic amines) is 1. The minimum atomic E-state index is -3.78. The summed E-state index contributed by atoms with van der Waals surface area (Å²) in [5.41, 5.74) is 2.29. The van der Waals surface area contributed by atoms with Crippen LogP contribution in [0.15, 0.2) is 47.4 Å². The number of amides is 1. The van der Waals surface area contributed by atoms with E-state index >= 15 is 0 Å². The lowest BCUT2D eigenvalue weighted by Crippen LogP contribution is -2.42. The van der Waals surface area contributed by atoms with Gasteiger partial charge in [-0.05, 0) is 48.8 Å². The van der Waals surface area contributed by atoms with Gasteiger partial charge in [0.25, 0.3) is 10.0 Å². The maximum absolute atomic E-state index is 12.3. The molecule has 1 heterocycles. The highest BCUT2D eigenvalue weighted by atomic mass is 35.5. The summed E-state index contributed by atoms with van der Waals surface area (Å²) >= 11 is 0. The van der Waals surface area contributed by atoms with Crippen LogP contribution in [0.3, 0.4) is 0 Å². The molecule has 3 rings (SSSR count). The molecule has 0 bridgehead atoms. The van der Waals surface area contributed by atoms with E-state index in [2.05, 4.69) is 15.2 Å². The Morgan fingerprint density at radius 1 is 1.04 bits per heavy atom. The standard InChI is InChI=1S/C17H21N3O3S.ClH/c21-17(9-12-20-10-3-4-11-20)18-19-24(22,23)16-8-7-14-5-1-2-6-15(14)13-16;/h1-2,5-8,13,19H,3-4,9-12H2,(H,18,21);1H. The van der Waals surface area contributed by atoms with E-state index < -0.39 is 10.0 Å². The number of nitrogens with one attached hydrogen (secondary N) is 2. The van der Waals surface area contributed by atoms with Gasteiger partial charge in [0.2, 0.25) is 5.91 Å². The zero-order valence-corrected chi connectivity index (χ0v) is 15.4. The van der Waals surface area contributed by atoms with Crippen LogP contribution >= 0.6 is 12.4 Å². The molecule has 1 saturated heterocycles. The smallest absolute Gasteiger partial charge is 0.257 e. The Bertz CT molecular complexity index is 836. The molecule has 0 aromatic heterocycles. The third kappa shape index (κ3) is 5.15. The molecule has 2 N–H and O–H groups in total. The monoisotopic (exact) mass is 383 g/mol. The molecule has 1 amide bonds. The molecule has 25 heavy (non-hydrogen) atoms. The van der Waals surface area contributed by atoms with Crippen LogP contribution in [0.4, 0.5) is 0 Å². The fraction of sp³-hybridized carbons (Fsp3) is 0.353. The number of rotatable bonds is 6. The number of hydrogen-bond acceptors (Lipinski definition) is 4. The highest BCUT2D eigenvalue weighted by Crippen LogP contribution is 2.18. The van der Waals surface area contributed by atoms with Crippen molar-refractivity contribution in [3.63, 3.8) is 0 Å². The summed E-state index contributed by atoms with van der Waals surface area (Å²) < 4.78 is 24.6. The van der Waals surface area contributed by atoms with Gasteiger partial charge in [-0.25, -0.2) is 8.42 Å². The fourth-order valence-corrected chi connectivity index (χ4v) is 3.74. The van der Waals surface area contributed by atoms with Crippen molar-refractivity contribution in [1.82, 2.24) is 15.2 Å². The molecule has 0 spiro atoms. The fourth-order valence-electron chi connectivity index (χ4n) is 2.85. The highest BCUT2D eigenvalue weighted by molar-refractivity contribution is 7.89. The Balaban J connectivity index is 0.00000225. The predicted molar refractivity (Wildman–Crippen MR) is 100.0 cm³/mol. The van der Waals surface area contributed by atoms with Gasteiger partial charge in [-0.3, -0.25) is 10.2 Å². The van der Waals surface area contributed by atoms with Crippen molar-refractivity contribution in [2.75, 3.05) is 19.6 Å². The SMILES string of the molecule is Cl.O=C(CCN1CCCC1)NNS(=O)(=O)c1ccc2ccccc2c1. The number of carbonyl (C=O) groups is 1. The van der Waals surface area contributed by atoms with Crippen LogP contribution in [0.25, 0.3) is 10.8 Å². The summed E-state index contributed by atoms with van der Waals surface area (Å²) in [4.78, 5) is 16.3. The Kier molecular flexibility index (Phi) is 6.78. The summed E-state index contributed by atoms with van der Waals surface area (Å²) in [5.74, 6) is -0.328. The summed E-state index contributed by atoms with van der Waals surface area (Å²) in [6, 6.07) is 12.4. The first-order valence-corrected chi connectivity index (χ1v) is 9.55. The average molecular weight is 384 g/mol. The molecular weight excluding hydrogens is 362 g/mol. The second-order valence-electron chi connectivity index (χ2n) is 5.96. The first-order chi connectivity index (χ1) is 11.5. The van der Waals surface area contributed by atoms with E-state index in [1.54, 1.807) is 12.1 Å². The maximum Gasteiger partial charge on any atom is 0.257 e. The van der Waals surface area contributed by atoms with Gasteiger partial charge < -0.3 is 4.90 Å². The third-order valence-electron chi connectivity index (χ3n) is 4.21. The molecule has 1 aliphatic rings. The Morgan fingerprint density at radius 3 is 2.44 bits per heavy atom. The van der Waals surface area contributed by atoms with E-state index in [-0.39, 0.29) is 29.6 Å². The summed E-state index contributed by atoms with van der Waals surface area (Å²) in [6.07, 6.45) is 2.60. The Labute approximate surface area is 154 Å². The zero-order chi connectivity index (χ0) is 17.0. The topological polar surface area (TPSA) is 78.5 Å². The molecule has 0 radical (unpaired) electrons. The van der Waals surface area contributed by atoms with Crippen LogP contribution in [0.1, 0.15) is 19.3 Å². The van der Waals surface area contributed by atoms with Gasteiger partial charge in [-0.1, -0.05) is 30.3 Å². The second-order valence-corrected chi connectivity index (χ2v) is 7.64. The molecule has 2 aromatic rings. The number of halogens is 1. The number of fused-ring (bicyclic) bond motifs is 1. The number of hydrogen-bond donors (Lipinski definition) is 2. The molecule has 0 atom stereocenters. The molecule has 1 aliphatic heterocycles. The van der Waals surface area contributed by atoms with Gasteiger partial charge in [0.1, 0.15) is 0 Å². The zero-order valence-electron chi connectivity index (χ0n) is 13.8. The van der Waals surface area contributed by atoms with Crippen molar-refractivity contribution < 1.29 is 13.2 Å². The van der Waals surface area contributed by atoms with Crippen molar-refractivity contribution in [3.8, 4) is 0 Å². The number of benzene rings is 2.